The van der Waals surface area contributed by atoms with Gasteiger partial charge in [-0.2, -0.15) is 5.26 Å². The first-order valence-corrected chi connectivity index (χ1v) is 6.04. The van der Waals surface area contributed by atoms with Gasteiger partial charge in [0.1, 0.15) is 0 Å². The maximum absolute atomic E-state index is 10.7. The molecule has 0 radical (unpaired) electrons. The van der Waals surface area contributed by atoms with Gasteiger partial charge in [-0.15, -0.1) is 0 Å². The van der Waals surface area contributed by atoms with Crippen molar-refractivity contribution in [1.29, 1.82) is 5.26 Å². The number of piperidine rings is 1. The van der Waals surface area contributed by atoms with Crippen LogP contribution in [-0.2, 0) is 6.54 Å². The lowest BCUT2D eigenvalue weighted by Gasteiger charge is -2.28. The van der Waals surface area contributed by atoms with E-state index in [1.807, 2.05) is 6.07 Å². The molecule has 1 aromatic rings. The van der Waals surface area contributed by atoms with Crippen LogP contribution in [-0.4, -0.2) is 22.9 Å². The Morgan fingerprint density at radius 3 is 2.78 bits per heavy atom. The summed E-state index contributed by atoms with van der Waals surface area (Å²) in [6, 6.07) is 9.05. The zero-order valence-corrected chi connectivity index (χ0v) is 10.1. The molecule has 0 aromatic heterocycles. The third-order valence-electron chi connectivity index (χ3n) is 3.30. The van der Waals surface area contributed by atoms with Crippen molar-refractivity contribution in [3.05, 3.63) is 39.9 Å². The number of hydrogen-bond acceptors (Lipinski definition) is 4. The number of rotatable bonds is 3. The first kappa shape index (κ1) is 12.5. The van der Waals surface area contributed by atoms with Crippen molar-refractivity contribution in [1.82, 2.24) is 4.90 Å². The number of hydrogen-bond donors (Lipinski definition) is 0. The molecule has 5 nitrogen and oxygen atoms in total. The standard InChI is InChI=1S/C13H15N3O2/c14-9-11-4-6-15(7-5-11)10-12-2-1-3-13(8-12)16(17)18/h1-3,8,11H,4-7,10H2. The van der Waals surface area contributed by atoms with Crippen LogP contribution in [0, 0.1) is 27.4 Å². The summed E-state index contributed by atoms with van der Waals surface area (Å²) in [5, 5.41) is 19.5. The Bertz CT molecular complexity index is 473. The average molecular weight is 245 g/mol. The molecule has 1 aromatic carbocycles. The molecule has 0 N–H and O–H groups in total. The summed E-state index contributed by atoms with van der Waals surface area (Å²) in [7, 11) is 0. The van der Waals surface area contributed by atoms with E-state index in [9.17, 15) is 10.1 Å². The average Bonchev–Trinajstić information content (AvgIpc) is 2.40. The Morgan fingerprint density at radius 1 is 1.44 bits per heavy atom. The van der Waals surface area contributed by atoms with Gasteiger partial charge in [0.15, 0.2) is 0 Å². The van der Waals surface area contributed by atoms with Gasteiger partial charge in [-0.3, -0.25) is 15.0 Å². The van der Waals surface area contributed by atoms with Gasteiger partial charge in [-0.1, -0.05) is 12.1 Å². The lowest BCUT2D eigenvalue weighted by Crippen LogP contribution is -2.32. The van der Waals surface area contributed by atoms with Gasteiger partial charge in [0.05, 0.1) is 11.0 Å². The van der Waals surface area contributed by atoms with Crippen LogP contribution in [0.15, 0.2) is 24.3 Å². The Morgan fingerprint density at radius 2 is 2.17 bits per heavy atom. The molecule has 18 heavy (non-hydrogen) atoms. The van der Waals surface area contributed by atoms with Crippen LogP contribution < -0.4 is 0 Å². The van der Waals surface area contributed by atoms with E-state index in [4.69, 9.17) is 5.26 Å². The molecule has 1 heterocycles. The van der Waals surface area contributed by atoms with Crippen LogP contribution in [0.1, 0.15) is 18.4 Å². The largest absolute Gasteiger partial charge is 0.299 e. The highest BCUT2D eigenvalue weighted by molar-refractivity contribution is 5.34. The van der Waals surface area contributed by atoms with Crippen molar-refractivity contribution in [3.8, 4) is 6.07 Å². The fraction of sp³-hybridized carbons (Fsp3) is 0.462. The van der Waals surface area contributed by atoms with E-state index in [1.165, 1.54) is 6.07 Å². The predicted octanol–water partition coefficient (Wildman–Crippen LogP) is 2.33. The Hall–Kier alpha value is -1.93. The van der Waals surface area contributed by atoms with Crippen molar-refractivity contribution >= 4 is 5.69 Å². The number of benzene rings is 1. The van der Waals surface area contributed by atoms with E-state index in [1.54, 1.807) is 12.1 Å². The number of nitro benzene ring substituents is 1. The second-order valence-electron chi connectivity index (χ2n) is 4.61. The molecule has 0 amide bonds. The molecule has 0 saturated carbocycles. The summed E-state index contributed by atoms with van der Waals surface area (Å²) in [4.78, 5) is 12.6. The van der Waals surface area contributed by atoms with Crippen molar-refractivity contribution in [2.24, 2.45) is 5.92 Å². The minimum Gasteiger partial charge on any atom is -0.299 e. The highest BCUT2D eigenvalue weighted by atomic mass is 16.6. The molecule has 0 aliphatic carbocycles. The third kappa shape index (κ3) is 3.05. The van der Waals surface area contributed by atoms with Crippen molar-refractivity contribution < 1.29 is 4.92 Å². The van der Waals surface area contributed by atoms with E-state index in [0.717, 1.165) is 38.0 Å². The molecule has 0 atom stereocenters. The van der Waals surface area contributed by atoms with Crippen LogP contribution in [0.2, 0.25) is 0 Å². The molecule has 1 fully saturated rings. The minimum absolute atomic E-state index is 0.138. The summed E-state index contributed by atoms with van der Waals surface area (Å²) < 4.78 is 0. The fourth-order valence-electron chi connectivity index (χ4n) is 2.25. The van der Waals surface area contributed by atoms with E-state index >= 15 is 0 Å². The maximum atomic E-state index is 10.7. The van der Waals surface area contributed by atoms with Crippen LogP contribution in [0.4, 0.5) is 5.69 Å². The van der Waals surface area contributed by atoms with E-state index in [2.05, 4.69) is 11.0 Å². The Kier molecular flexibility index (Phi) is 3.90. The van der Waals surface area contributed by atoms with Gasteiger partial charge >= 0.3 is 0 Å². The number of nitro groups is 1. The molecule has 1 aliphatic rings. The lowest BCUT2D eigenvalue weighted by atomic mass is 9.98. The predicted molar refractivity (Wildman–Crippen MR) is 66.7 cm³/mol. The number of nitriles is 1. The maximum Gasteiger partial charge on any atom is 0.269 e. The topological polar surface area (TPSA) is 70.2 Å². The number of nitrogens with zero attached hydrogens (tertiary/aromatic N) is 3. The van der Waals surface area contributed by atoms with Crippen LogP contribution in [0.25, 0.3) is 0 Å². The van der Waals surface area contributed by atoms with Gasteiger partial charge in [-0.25, -0.2) is 0 Å². The van der Waals surface area contributed by atoms with Gasteiger partial charge < -0.3 is 0 Å². The second-order valence-corrected chi connectivity index (χ2v) is 4.61. The normalized spacial score (nSPS) is 17.3. The van der Waals surface area contributed by atoms with Crippen LogP contribution in [0.3, 0.4) is 0 Å². The van der Waals surface area contributed by atoms with Crippen molar-refractivity contribution in [2.75, 3.05) is 13.1 Å². The van der Waals surface area contributed by atoms with Crippen LogP contribution in [0.5, 0.6) is 0 Å². The third-order valence-corrected chi connectivity index (χ3v) is 3.30. The van der Waals surface area contributed by atoms with Gasteiger partial charge in [-0.05, 0) is 31.5 Å². The molecular weight excluding hydrogens is 230 g/mol. The lowest BCUT2D eigenvalue weighted by molar-refractivity contribution is -0.384. The molecular formula is C13H15N3O2. The first-order valence-electron chi connectivity index (χ1n) is 6.04. The summed E-state index contributed by atoms with van der Waals surface area (Å²) >= 11 is 0. The summed E-state index contributed by atoms with van der Waals surface area (Å²) in [6.07, 6.45) is 1.79. The number of likely N-dealkylation sites (tertiary alicyclic amines) is 1. The zero-order chi connectivity index (χ0) is 13.0. The van der Waals surface area contributed by atoms with Crippen molar-refractivity contribution in [2.45, 2.75) is 19.4 Å². The molecule has 0 bridgehead atoms. The molecule has 94 valence electrons. The van der Waals surface area contributed by atoms with E-state index < -0.39 is 0 Å². The highest BCUT2D eigenvalue weighted by Crippen LogP contribution is 2.20. The highest BCUT2D eigenvalue weighted by Gasteiger charge is 2.19. The van der Waals surface area contributed by atoms with Crippen LogP contribution >= 0.6 is 0 Å². The first-order chi connectivity index (χ1) is 8.69. The molecule has 0 spiro atoms. The quantitative estimate of drug-likeness (QED) is 0.605. The minimum atomic E-state index is -0.370. The fourth-order valence-corrected chi connectivity index (χ4v) is 2.25. The molecule has 1 aliphatic heterocycles. The summed E-state index contributed by atoms with van der Waals surface area (Å²) in [6.45, 7) is 2.50. The molecule has 5 heteroatoms. The Labute approximate surface area is 106 Å². The molecule has 0 unspecified atom stereocenters. The van der Waals surface area contributed by atoms with Gasteiger partial charge in [0, 0.05) is 24.6 Å². The molecule has 2 rings (SSSR count). The van der Waals surface area contributed by atoms with Gasteiger partial charge in [0.2, 0.25) is 0 Å². The van der Waals surface area contributed by atoms with E-state index in [0.29, 0.717) is 0 Å². The smallest absolute Gasteiger partial charge is 0.269 e. The SMILES string of the molecule is N#CC1CCN(Cc2cccc([N+](=O)[O-])c2)CC1. The molecule has 1 saturated heterocycles. The summed E-state index contributed by atoms with van der Waals surface area (Å²) in [5.41, 5.74) is 1.10. The second kappa shape index (κ2) is 5.61. The summed E-state index contributed by atoms with van der Waals surface area (Å²) in [5.74, 6) is 0.173. The monoisotopic (exact) mass is 245 g/mol. The number of non-ortho nitro benzene ring substituents is 1. The van der Waals surface area contributed by atoms with Crippen molar-refractivity contribution in [3.63, 3.8) is 0 Å². The van der Waals surface area contributed by atoms with E-state index in [-0.39, 0.29) is 16.5 Å². The Balaban J connectivity index is 1.96. The van der Waals surface area contributed by atoms with Gasteiger partial charge in [0.25, 0.3) is 5.69 Å². The zero-order valence-electron chi connectivity index (χ0n) is 10.1.